The smallest absolute Gasteiger partial charge is 0.238 e. The van der Waals surface area contributed by atoms with E-state index in [0.29, 0.717) is 13.2 Å². The monoisotopic (exact) mass is 434 g/mol. The van der Waals surface area contributed by atoms with Crippen LogP contribution in [0.4, 0.5) is 5.69 Å². The highest BCUT2D eigenvalue weighted by Gasteiger charge is 2.33. The Balaban J connectivity index is 1.55. The first-order valence-electron chi connectivity index (χ1n) is 11.0. The first-order valence-corrected chi connectivity index (χ1v) is 11.8. The number of fused-ring (bicyclic) bond motifs is 1. The number of aryl methyl sites for hydroxylation is 1. The van der Waals surface area contributed by atoms with Crippen molar-refractivity contribution in [2.45, 2.75) is 39.7 Å². The molecule has 1 amide bonds. The van der Waals surface area contributed by atoms with Gasteiger partial charge in [-0.1, -0.05) is 37.3 Å². The van der Waals surface area contributed by atoms with E-state index in [4.69, 9.17) is 4.74 Å². The Morgan fingerprint density at radius 2 is 1.87 bits per heavy atom. The molecule has 2 heterocycles. The lowest BCUT2D eigenvalue weighted by molar-refractivity contribution is -0.117. The molecule has 1 aliphatic heterocycles. The standard InChI is InChI=1S/C26H30N2O2S/c1-4-22-18(3)31-26-23(22)15-16-28(25(26)19-9-7-6-8-10-19)17-24(29)27-20-11-13-21(14-12-20)30-5-2/h6-14,25H,4-5,15-17H2,1-3H3,(H,27,29)/t25-/m0/s1. The third kappa shape index (κ3) is 4.68. The van der Waals surface area contributed by atoms with Crippen molar-refractivity contribution in [3.8, 4) is 5.75 Å². The number of ether oxygens (including phenoxy) is 1. The van der Waals surface area contributed by atoms with Gasteiger partial charge >= 0.3 is 0 Å². The maximum Gasteiger partial charge on any atom is 0.238 e. The van der Waals surface area contributed by atoms with Gasteiger partial charge in [-0.3, -0.25) is 9.69 Å². The maximum absolute atomic E-state index is 12.9. The van der Waals surface area contributed by atoms with Gasteiger partial charge in [-0.15, -0.1) is 11.3 Å². The Morgan fingerprint density at radius 3 is 2.55 bits per heavy atom. The van der Waals surface area contributed by atoms with Gasteiger partial charge < -0.3 is 10.1 Å². The molecular weight excluding hydrogens is 404 g/mol. The molecular formula is C26H30N2O2S. The number of carbonyl (C=O) groups is 1. The molecule has 0 unspecified atom stereocenters. The molecule has 4 nitrogen and oxygen atoms in total. The summed E-state index contributed by atoms with van der Waals surface area (Å²) in [5.74, 6) is 0.825. The zero-order chi connectivity index (χ0) is 21.8. The molecule has 0 saturated heterocycles. The van der Waals surface area contributed by atoms with Crippen LogP contribution in [0, 0.1) is 6.92 Å². The number of hydrogen-bond donors (Lipinski definition) is 1. The van der Waals surface area contributed by atoms with Crippen LogP contribution in [0.15, 0.2) is 54.6 Å². The molecule has 31 heavy (non-hydrogen) atoms. The number of rotatable bonds is 7. The minimum absolute atomic E-state index is 0.0116. The molecule has 2 aromatic carbocycles. The molecule has 162 valence electrons. The van der Waals surface area contributed by atoms with Gasteiger partial charge in [0.05, 0.1) is 19.2 Å². The van der Waals surface area contributed by atoms with Crippen LogP contribution in [0.25, 0.3) is 0 Å². The molecule has 1 N–H and O–H groups in total. The van der Waals surface area contributed by atoms with Crippen molar-refractivity contribution in [3.05, 3.63) is 81.0 Å². The first kappa shape index (κ1) is 21.6. The average Bonchev–Trinajstić information content (AvgIpc) is 3.10. The largest absolute Gasteiger partial charge is 0.494 e. The number of benzene rings is 2. The molecule has 1 atom stereocenters. The predicted molar refractivity (Wildman–Crippen MR) is 128 cm³/mol. The molecule has 4 rings (SSSR count). The van der Waals surface area contributed by atoms with Gasteiger partial charge in [0, 0.05) is 22.0 Å². The first-order chi connectivity index (χ1) is 15.1. The second-order valence-electron chi connectivity index (χ2n) is 7.87. The number of anilines is 1. The van der Waals surface area contributed by atoms with Crippen LogP contribution < -0.4 is 10.1 Å². The zero-order valence-electron chi connectivity index (χ0n) is 18.5. The lowest BCUT2D eigenvalue weighted by Crippen LogP contribution is -2.40. The fourth-order valence-electron chi connectivity index (χ4n) is 4.51. The van der Waals surface area contributed by atoms with Gasteiger partial charge in [-0.2, -0.15) is 0 Å². The van der Waals surface area contributed by atoms with E-state index in [9.17, 15) is 4.79 Å². The van der Waals surface area contributed by atoms with Crippen molar-refractivity contribution in [1.29, 1.82) is 0 Å². The van der Waals surface area contributed by atoms with Gasteiger partial charge in [0.25, 0.3) is 0 Å². The SMILES string of the molecule is CCOc1ccc(NC(=O)CN2CCc3c(sc(C)c3CC)[C@@H]2c2ccccc2)cc1. The molecule has 0 fully saturated rings. The van der Waals surface area contributed by atoms with E-state index in [1.165, 1.54) is 26.4 Å². The normalized spacial score (nSPS) is 16.0. The molecule has 1 aromatic heterocycles. The van der Waals surface area contributed by atoms with Gasteiger partial charge in [-0.05, 0) is 67.6 Å². The summed E-state index contributed by atoms with van der Waals surface area (Å²) in [5, 5.41) is 3.05. The van der Waals surface area contributed by atoms with Gasteiger partial charge in [0.15, 0.2) is 0 Å². The summed E-state index contributed by atoms with van der Waals surface area (Å²) in [6, 6.07) is 18.3. The van der Waals surface area contributed by atoms with E-state index in [2.05, 4.69) is 48.3 Å². The number of nitrogens with zero attached hydrogens (tertiary/aromatic N) is 1. The van der Waals surface area contributed by atoms with Crippen LogP contribution in [0.3, 0.4) is 0 Å². The summed E-state index contributed by atoms with van der Waals surface area (Å²) in [6.45, 7) is 8.31. The Bertz CT molecular complexity index is 1030. The van der Waals surface area contributed by atoms with Crippen molar-refractivity contribution in [2.24, 2.45) is 0 Å². The molecule has 3 aromatic rings. The summed E-state index contributed by atoms with van der Waals surface area (Å²) in [6.07, 6.45) is 2.07. The predicted octanol–water partition coefficient (Wildman–Crippen LogP) is 5.60. The molecule has 0 spiro atoms. The van der Waals surface area contributed by atoms with Crippen molar-refractivity contribution >= 4 is 22.9 Å². The van der Waals surface area contributed by atoms with E-state index < -0.39 is 0 Å². The third-order valence-electron chi connectivity index (χ3n) is 5.88. The number of amides is 1. The Kier molecular flexibility index (Phi) is 6.73. The van der Waals surface area contributed by atoms with Gasteiger partial charge in [-0.25, -0.2) is 0 Å². The van der Waals surface area contributed by atoms with Gasteiger partial charge in [0.2, 0.25) is 5.91 Å². The van der Waals surface area contributed by atoms with Crippen LogP contribution in [0.2, 0.25) is 0 Å². The average molecular weight is 435 g/mol. The van der Waals surface area contributed by atoms with E-state index in [1.807, 2.05) is 48.6 Å². The highest BCUT2D eigenvalue weighted by Crippen LogP contribution is 2.42. The minimum atomic E-state index is 0.0116. The summed E-state index contributed by atoms with van der Waals surface area (Å²) < 4.78 is 5.48. The highest BCUT2D eigenvalue weighted by atomic mass is 32.1. The van der Waals surface area contributed by atoms with Crippen LogP contribution in [0.5, 0.6) is 5.75 Å². The fraction of sp³-hybridized carbons (Fsp3) is 0.346. The maximum atomic E-state index is 12.9. The molecule has 1 aliphatic rings. The molecule has 0 radical (unpaired) electrons. The van der Waals surface area contributed by atoms with Crippen LogP contribution in [0.1, 0.15) is 46.3 Å². The lowest BCUT2D eigenvalue weighted by atomic mass is 9.91. The Labute approximate surface area is 188 Å². The van der Waals surface area contributed by atoms with E-state index in [-0.39, 0.29) is 11.9 Å². The van der Waals surface area contributed by atoms with Crippen molar-refractivity contribution in [2.75, 3.05) is 25.0 Å². The minimum Gasteiger partial charge on any atom is -0.494 e. The van der Waals surface area contributed by atoms with Crippen molar-refractivity contribution in [1.82, 2.24) is 4.90 Å². The molecule has 0 bridgehead atoms. The van der Waals surface area contributed by atoms with Crippen molar-refractivity contribution < 1.29 is 9.53 Å². The second kappa shape index (κ2) is 9.67. The number of thiophene rings is 1. The van der Waals surface area contributed by atoms with E-state index in [0.717, 1.165) is 30.8 Å². The summed E-state index contributed by atoms with van der Waals surface area (Å²) in [5.41, 5.74) is 5.05. The summed E-state index contributed by atoms with van der Waals surface area (Å²) >= 11 is 1.90. The zero-order valence-corrected chi connectivity index (χ0v) is 19.3. The van der Waals surface area contributed by atoms with E-state index >= 15 is 0 Å². The van der Waals surface area contributed by atoms with Crippen molar-refractivity contribution in [3.63, 3.8) is 0 Å². The summed E-state index contributed by atoms with van der Waals surface area (Å²) in [7, 11) is 0. The quantitative estimate of drug-likeness (QED) is 0.526. The third-order valence-corrected chi connectivity index (χ3v) is 7.12. The van der Waals surface area contributed by atoms with Gasteiger partial charge in [0.1, 0.15) is 5.75 Å². The van der Waals surface area contributed by atoms with Crippen LogP contribution in [-0.4, -0.2) is 30.5 Å². The Hall–Kier alpha value is -2.63. The highest BCUT2D eigenvalue weighted by molar-refractivity contribution is 7.12. The van der Waals surface area contributed by atoms with E-state index in [1.54, 1.807) is 0 Å². The number of hydrogen-bond acceptors (Lipinski definition) is 4. The van der Waals surface area contributed by atoms with Crippen LogP contribution >= 0.6 is 11.3 Å². The topological polar surface area (TPSA) is 41.6 Å². The molecule has 5 heteroatoms. The molecule has 0 saturated carbocycles. The number of carbonyl (C=O) groups excluding carboxylic acids is 1. The fourth-order valence-corrected chi connectivity index (χ4v) is 5.98. The Morgan fingerprint density at radius 1 is 1.13 bits per heavy atom. The number of nitrogens with one attached hydrogen (secondary N) is 1. The lowest BCUT2D eigenvalue weighted by Gasteiger charge is -2.36. The molecule has 0 aliphatic carbocycles. The van der Waals surface area contributed by atoms with Crippen LogP contribution in [-0.2, 0) is 17.6 Å². The second-order valence-corrected chi connectivity index (χ2v) is 9.13. The summed E-state index contributed by atoms with van der Waals surface area (Å²) in [4.78, 5) is 18.1.